The Hall–Kier alpha value is -1.32. The maximum Gasteiger partial charge on any atom is 0.134 e. The van der Waals surface area contributed by atoms with Crippen LogP contribution in [0.3, 0.4) is 0 Å². The van der Waals surface area contributed by atoms with Crippen LogP contribution in [0.15, 0.2) is 34.9 Å². The molecule has 2 N–H and O–H groups in total. The lowest BCUT2D eigenvalue weighted by molar-refractivity contribution is 0.132. The van der Waals surface area contributed by atoms with Gasteiger partial charge in [0.25, 0.3) is 0 Å². The van der Waals surface area contributed by atoms with Gasteiger partial charge in [-0.25, -0.2) is 0 Å². The maximum absolute atomic E-state index is 6.10. The number of rotatable bonds is 5. The fraction of sp³-hybridized carbons (Fsp3) is 0.556. The Balaban J connectivity index is 1.76. The van der Waals surface area contributed by atoms with E-state index >= 15 is 0 Å². The van der Waals surface area contributed by atoms with Gasteiger partial charge in [0.2, 0.25) is 0 Å². The number of piperidine rings is 1. The quantitative estimate of drug-likeness (QED) is 0.905. The molecule has 0 aliphatic carbocycles. The molecule has 3 rings (SSSR count). The molecule has 1 aromatic heterocycles. The molecule has 1 atom stereocenters. The minimum absolute atomic E-state index is 0.288. The summed E-state index contributed by atoms with van der Waals surface area (Å²) in [5.74, 6) is 0.908. The third kappa shape index (κ3) is 2.99. The Kier molecular flexibility index (Phi) is 4.61. The minimum Gasteiger partial charge on any atom is -0.464 e. The molecular weight excluding hydrogens is 260 g/mol. The number of benzene rings is 1. The zero-order chi connectivity index (χ0) is 14.7. The van der Waals surface area contributed by atoms with Crippen LogP contribution in [-0.2, 0) is 0 Å². The molecule has 3 nitrogen and oxygen atoms in total. The molecule has 0 radical (unpaired) electrons. The number of para-hydroxylation sites is 1. The largest absolute Gasteiger partial charge is 0.464 e. The molecule has 0 spiro atoms. The zero-order valence-electron chi connectivity index (χ0n) is 12.9. The molecule has 0 bridgehead atoms. The van der Waals surface area contributed by atoms with Crippen molar-refractivity contribution in [3.8, 4) is 0 Å². The predicted octanol–water partition coefficient (Wildman–Crippen LogP) is 3.94. The number of nitrogens with zero attached hydrogens (tertiary/aromatic N) is 1. The molecule has 1 aliphatic heterocycles. The fourth-order valence-corrected chi connectivity index (χ4v) is 3.69. The molecule has 2 aromatic rings. The van der Waals surface area contributed by atoms with Crippen LogP contribution in [0, 0.1) is 5.92 Å². The van der Waals surface area contributed by atoms with Gasteiger partial charge in [0.1, 0.15) is 5.58 Å². The molecule has 3 heteroatoms. The summed E-state index contributed by atoms with van der Waals surface area (Å²) < 4.78 is 5.70. The summed E-state index contributed by atoms with van der Waals surface area (Å²) in [7, 11) is 0. The van der Waals surface area contributed by atoms with Crippen molar-refractivity contribution in [2.45, 2.75) is 38.6 Å². The first kappa shape index (κ1) is 14.6. The lowest BCUT2D eigenvalue weighted by Crippen LogP contribution is -2.39. The van der Waals surface area contributed by atoms with Crippen LogP contribution in [0.2, 0.25) is 0 Å². The van der Waals surface area contributed by atoms with E-state index in [0.29, 0.717) is 6.54 Å². The number of furan rings is 1. The van der Waals surface area contributed by atoms with Gasteiger partial charge in [0, 0.05) is 17.5 Å². The van der Waals surface area contributed by atoms with E-state index in [1.807, 2.05) is 18.4 Å². The highest BCUT2D eigenvalue weighted by Gasteiger charge is 2.26. The summed E-state index contributed by atoms with van der Waals surface area (Å²) in [5, 5.41) is 1.21. The third-order valence-corrected chi connectivity index (χ3v) is 4.88. The van der Waals surface area contributed by atoms with Crippen molar-refractivity contribution in [1.82, 2.24) is 4.90 Å². The topological polar surface area (TPSA) is 42.4 Å². The Bertz CT molecular complexity index is 569. The van der Waals surface area contributed by atoms with E-state index in [9.17, 15) is 0 Å². The van der Waals surface area contributed by atoms with Crippen molar-refractivity contribution in [2.24, 2.45) is 11.7 Å². The van der Waals surface area contributed by atoms with Crippen molar-refractivity contribution in [2.75, 3.05) is 19.6 Å². The standard InChI is InChI=1S/C18H26N2O/c1-2-5-14-8-10-20(11-9-14)17(12-19)16-13-21-18-7-4-3-6-15(16)18/h3-4,6-7,13-14,17H,2,5,8-12,19H2,1H3. The Morgan fingerprint density at radius 3 is 2.76 bits per heavy atom. The zero-order valence-corrected chi connectivity index (χ0v) is 12.9. The van der Waals surface area contributed by atoms with Crippen LogP contribution in [-0.4, -0.2) is 24.5 Å². The highest BCUT2D eigenvalue weighted by Crippen LogP contribution is 2.32. The smallest absolute Gasteiger partial charge is 0.134 e. The lowest BCUT2D eigenvalue weighted by atomic mass is 9.91. The highest BCUT2D eigenvalue weighted by molar-refractivity contribution is 5.81. The number of fused-ring (bicyclic) bond motifs is 1. The summed E-state index contributed by atoms with van der Waals surface area (Å²) in [6.07, 6.45) is 7.19. The molecule has 1 aliphatic rings. The molecule has 1 aromatic carbocycles. The summed E-state index contributed by atoms with van der Waals surface area (Å²) in [6.45, 7) is 5.26. The summed E-state index contributed by atoms with van der Waals surface area (Å²) in [5.41, 5.74) is 8.31. The molecule has 1 saturated heterocycles. The molecule has 21 heavy (non-hydrogen) atoms. The second-order valence-electron chi connectivity index (χ2n) is 6.21. The van der Waals surface area contributed by atoms with Gasteiger partial charge < -0.3 is 10.2 Å². The summed E-state index contributed by atoms with van der Waals surface area (Å²) in [6, 6.07) is 8.54. The molecule has 1 unspecified atom stereocenters. The average molecular weight is 286 g/mol. The minimum atomic E-state index is 0.288. The molecule has 0 saturated carbocycles. The van der Waals surface area contributed by atoms with Gasteiger partial charge in [0.15, 0.2) is 0 Å². The first-order chi connectivity index (χ1) is 10.3. The maximum atomic E-state index is 6.10. The van der Waals surface area contributed by atoms with Gasteiger partial charge in [-0.2, -0.15) is 0 Å². The molecule has 1 fully saturated rings. The monoisotopic (exact) mass is 286 g/mol. The molecule has 2 heterocycles. The number of hydrogen-bond acceptors (Lipinski definition) is 3. The van der Waals surface area contributed by atoms with Gasteiger partial charge in [-0.1, -0.05) is 38.0 Å². The molecule has 0 amide bonds. The third-order valence-electron chi connectivity index (χ3n) is 4.88. The predicted molar refractivity (Wildman–Crippen MR) is 87.2 cm³/mol. The van der Waals surface area contributed by atoms with E-state index in [0.717, 1.165) is 24.6 Å². The van der Waals surface area contributed by atoms with Crippen molar-refractivity contribution in [3.63, 3.8) is 0 Å². The number of hydrogen-bond donors (Lipinski definition) is 1. The number of likely N-dealkylation sites (tertiary alicyclic amines) is 1. The van der Waals surface area contributed by atoms with Gasteiger partial charge in [-0.15, -0.1) is 0 Å². The van der Waals surface area contributed by atoms with Crippen molar-refractivity contribution in [1.29, 1.82) is 0 Å². The van der Waals surface area contributed by atoms with Gasteiger partial charge in [-0.05, 0) is 37.9 Å². The average Bonchev–Trinajstić information content (AvgIpc) is 2.94. The van der Waals surface area contributed by atoms with E-state index in [1.165, 1.54) is 36.6 Å². The van der Waals surface area contributed by atoms with E-state index in [2.05, 4.69) is 24.0 Å². The first-order valence-electron chi connectivity index (χ1n) is 8.23. The second-order valence-corrected chi connectivity index (χ2v) is 6.21. The summed E-state index contributed by atoms with van der Waals surface area (Å²) >= 11 is 0. The summed E-state index contributed by atoms with van der Waals surface area (Å²) in [4.78, 5) is 2.55. The van der Waals surface area contributed by atoms with E-state index < -0.39 is 0 Å². The second kappa shape index (κ2) is 6.63. The van der Waals surface area contributed by atoms with E-state index in [4.69, 9.17) is 10.2 Å². The Morgan fingerprint density at radius 1 is 1.29 bits per heavy atom. The van der Waals surface area contributed by atoms with Crippen LogP contribution in [0.1, 0.15) is 44.2 Å². The Morgan fingerprint density at radius 2 is 2.05 bits per heavy atom. The Labute approximate surface area is 127 Å². The van der Waals surface area contributed by atoms with Crippen LogP contribution < -0.4 is 5.73 Å². The van der Waals surface area contributed by atoms with Crippen LogP contribution >= 0.6 is 0 Å². The first-order valence-corrected chi connectivity index (χ1v) is 8.23. The molecular formula is C18H26N2O. The normalized spacial score (nSPS) is 19.1. The van der Waals surface area contributed by atoms with E-state index in [-0.39, 0.29) is 6.04 Å². The lowest BCUT2D eigenvalue weighted by Gasteiger charge is -2.37. The van der Waals surface area contributed by atoms with Crippen LogP contribution in [0.4, 0.5) is 0 Å². The molecule has 114 valence electrons. The fourth-order valence-electron chi connectivity index (χ4n) is 3.69. The van der Waals surface area contributed by atoms with Crippen molar-refractivity contribution < 1.29 is 4.42 Å². The van der Waals surface area contributed by atoms with Crippen molar-refractivity contribution in [3.05, 3.63) is 36.1 Å². The van der Waals surface area contributed by atoms with Crippen molar-refractivity contribution >= 4 is 11.0 Å². The van der Waals surface area contributed by atoms with Gasteiger partial charge in [0.05, 0.1) is 12.3 Å². The van der Waals surface area contributed by atoms with Gasteiger partial charge >= 0.3 is 0 Å². The van der Waals surface area contributed by atoms with E-state index in [1.54, 1.807) is 0 Å². The highest BCUT2D eigenvalue weighted by atomic mass is 16.3. The SMILES string of the molecule is CCCC1CCN(C(CN)c2coc3ccccc23)CC1. The van der Waals surface area contributed by atoms with Gasteiger partial charge in [-0.3, -0.25) is 4.90 Å². The van der Waals surface area contributed by atoms with Crippen LogP contribution in [0.5, 0.6) is 0 Å². The van der Waals surface area contributed by atoms with Crippen LogP contribution in [0.25, 0.3) is 11.0 Å². The number of nitrogens with two attached hydrogens (primary N) is 1.